The van der Waals surface area contributed by atoms with E-state index in [9.17, 15) is 14.4 Å². The van der Waals surface area contributed by atoms with Crippen molar-refractivity contribution >= 4 is 17.7 Å². The van der Waals surface area contributed by atoms with E-state index in [1.807, 2.05) is 19.9 Å². The van der Waals surface area contributed by atoms with Crippen LogP contribution in [0, 0.1) is 0 Å². The molecule has 0 aromatic heterocycles. The highest BCUT2D eigenvalue weighted by molar-refractivity contribution is 6.03. The second-order valence-corrected chi connectivity index (χ2v) is 3.84. The maximum Gasteiger partial charge on any atom is 0.251 e. The summed E-state index contributed by atoms with van der Waals surface area (Å²) >= 11 is 0. The minimum atomic E-state index is -0.625. The molecule has 0 bridgehead atoms. The molecule has 106 valence electrons. The van der Waals surface area contributed by atoms with Gasteiger partial charge < -0.3 is 5.32 Å². The number of carbonyl (C=O) groups excluding carboxylic acids is 3. The monoisotopic (exact) mass is 266 g/mol. The predicted molar refractivity (Wildman–Crippen MR) is 75.7 cm³/mol. The highest BCUT2D eigenvalue weighted by Gasteiger charge is 2.27. The Morgan fingerprint density at radius 2 is 1.89 bits per heavy atom. The lowest BCUT2D eigenvalue weighted by atomic mass is 10.1. The summed E-state index contributed by atoms with van der Waals surface area (Å²) in [5.41, 5.74) is 0.497. The van der Waals surface area contributed by atoms with Gasteiger partial charge in [-0.15, -0.1) is 0 Å². The van der Waals surface area contributed by atoms with Crippen molar-refractivity contribution in [1.29, 1.82) is 0 Å². The molecule has 1 heterocycles. The highest BCUT2D eigenvalue weighted by atomic mass is 16.2. The Balaban J connectivity index is 0. The number of hydrogen-bond donors (Lipinski definition) is 2. The van der Waals surface area contributed by atoms with Crippen LogP contribution in [0.1, 0.15) is 39.9 Å². The van der Waals surface area contributed by atoms with Gasteiger partial charge in [0.1, 0.15) is 6.04 Å². The van der Waals surface area contributed by atoms with Crippen LogP contribution in [0.5, 0.6) is 0 Å². The second-order valence-electron chi connectivity index (χ2n) is 3.84. The van der Waals surface area contributed by atoms with Crippen molar-refractivity contribution in [3.63, 3.8) is 0 Å². The molecule has 5 heteroatoms. The van der Waals surface area contributed by atoms with Crippen LogP contribution in [0.4, 0.5) is 0 Å². The lowest BCUT2D eigenvalue weighted by Crippen LogP contribution is -2.52. The first-order chi connectivity index (χ1) is 9.16. The van der Waals surface area contributed by atoms with Crippen LogP contribution in [0.3, 0.4) is 0 Å². The minimum Gasteiger partial charge on any atom is -0.340 e. The Bertz CT molecular complexity index is 467. The predicted octanol–water partition coefficient (Wildman–Crippen LogP) is 1.74. The van der Waals surface area contributed by atoms with Crippen molar-refractivity contribution in [2.24, 2.45) is 0 Å². The molecular weight excluding hydrogens is 244 g/mol. The smallest absolute Gasteiger partial charge is 0.251 e. The molecule has 0 saturated carbocycles. The quantitative estimate of drug-likeness (QED) is 0.801. The first-order valence-corrected chi connectivity index (χ1v) is 6.36. The van der Waals surface area contributed by atoms with Crippen molar-refractivity contribution in [2.45, 2.75) is 32.7 Å². The van der Waals surface area contributed by atoms with Gasteiger partial charge in [-0.3, -0.25) is 19.7 Å². The van der Waals surface area contributed by atoms with Gasteiger partial charge in [0.25, 0.3) is 5.91 Å². The molecule has 1 saturated heterocycles. The molecule has 0 spiro atoms. The zero-order chi connectivity index (χ0) is 14.3. The third-order valence-corrected chi connectivity index (χ3v) is 2.58. The second kappa shape index (κ2) is 7.31. The SMILES string of the molecule is CC.O=C1CCC(NC(=O)c2ccccc2)C(=O)N1.[HH].[HH]. The molecule has 3 amide bonds. The standard InChI is InChI=1S/C12H12N2O3.C2H6.2H2/c15-10-7-6-9(12(17)14-10)13-11(16)8-4-2-1-3-5-8;1-2;;/h1-5,9H,6-7H2,(H,13,16)(H,14,15,17);1-2H3;2*1H. The van der Waals surface area contributed by atoms with Gasteiger partial charge in [0.05, 0.1) is 0 Å². The minimum absolute atomic E-state index is 0. The van der Waals surface area contributed by atoms with Crippen LogP contribution in [-0.2, 0) is 9.59 Å². The normalized spacial score (nSPS) is 17.9. The van der Waals surface area contributed by atoms with E-state index in [2.05, 4.69) is 10.6 Å². The first-order valence-electron chi connectivity index (χ1n) is 6.36. The van der Waals surface area contributed by atoms with E-state index < -0.39 is 11.9 Å². The molecule has 1 aliphatic rings. The van der Waals surface area contributed by atoms with Gasteiger partial charge in [-0.05, 0) is 18.6 Å². The van der Waals surface area contributed by atoms with Gasteiger partial charge >= 0.3 is 0 Å². The Kier molecular flexibility index (Phi) is 5.73. The summed E-state index contributed by atoms with van der Waals surface area (Å²) in [6.45, 7) is 4.00. The van der Waals surface area contributed by atoms with E-state index in [4.69, 9.17) is 0 Å². The number of nitrogens with one attached hydrogen (secondary N) is 2. The topological polar surface area (TPSA) is 75.3 Å². The molecule has 0 aliphatic carbocycles. The van der Waals surface area contributed by atoms with Crippen molar-refractivity contribution in [1.82, 2.24) is 10.6 Å². The van der Waals surface area contributed by atoms with Crippen LogP contribution >= 0.6 is 0 Å². The van der Waals surface area contributed by atoms with Gasteiger partial charge in [0.15, 0.2) is 0 Å². The molecule has 1 atom stereocenters. The van der Waals surface area contributed by atoms with Gasteiger partial charge in [-0.2, -0.15) is 0 Å². The maximum absolute atomic E-state index is 11.8. The number of benzene rings is 1. The first kappa shape index (κ1) is 14.9. The molecule has 2 rings (SSSR count). The Morgan fingerprint density at radius 1 is 1.26 bits per heavy atom. The van der Waals surface area contributed by atoms with Gasteiger partial charge in [-0.1, -0.05) is 32.0 Å². The fraction of sp³-hybridized carbons (Fsp3) is 0.357. The van der Waals surface area contributed by atoms with Crippen LogP contribution in [0.2, 0.25) is 0 Å². The Hall–Kier alpha value is -2.17. The Labute approximate surface area is 115 Å². The molecule has 19 heavy (non-hydrogen) atoms. The maximum atomic E-state index is 11.8. The summed E-state index contributed by atoms with van der Waals surface area (Å²) in [6.07, 6.45) is 0.606. The van der Waals surface area contributed by atoms with Crippen LogP contribution in [0.25, 0.3) is 0 Å². The van der Waals surface area contributed by atoms with Crippen LogP contribution in [-0.4, -0.2) is 23.8 Å². The summed E-state index contributed by atoms with van der Waals surface area (Å²) < 4.78 is 0. The van der Waals surface area contributed by atoms with E-state index >= 15 is 0 Å². The van der Waals surface area contributed by atoms with E-state index in [1.165, 1.54) is 0 Å². The average Bonchev–Trinajstić information content (AvgIpc) is 2.45. The van der Waals surface area contributed by atoms with Gasteiger partial charge in [0, 0.05) is 14.8 Å². The van der Waals surface area contributed by atoms with Crippen molar-refractivity contribution in [3.8, 4) is 0 Å². The molecule has 1 aliphatic heterocycles. The van der Waals surface area contributed by atoms with Gasteiger partial charge in [0.2, 0.25) is 11.8 Å². The number of rotatable bonds is 2. The Morgan fingerprint density at radius 3 is 2.47 bits per heavy atom. The summed E-state index contributed by atoms with van der Waals surface area (Å²) in [5, 5.41) is 4.80. The van der Waals surface area contributed by atoms with Crippen molar-refractivity contribution in [3.05, 3.63) is 35.9 Å². The molecule has 2 N–H and O–H groups in total. The molecule has 1 unspecified atom stereocenters. The van der Waals surface area contributed by atoms with Gasteiger partial charge in [-0.25, -0.2) is 0 Å². The van der Waals surface area contributed by atoms with E-state index in [0.29, 0.717) is 12.0 Å². The lowest BCUT2D eigenvalue weighted by Gasteiger charge is -2.21. The number of carbonyl (C=O) groups is 3. The largest absolute Gasteiger partial charge is 0.340 e. The molecule has 1 fully saturated rings. The van der Waals surface area contributed by atoms with E-state index in [1.54, 1.807) is 24.3 Å². The fourth-order valence-corrected chi connectivity index (χ4v) is 1.66. The van der Waals surface area contributed by atoms with Crippen LogP contribution < -0.4 is 10.6 Å². The number of amides is 3. The summed E-state index contributed by atoms with van der Waals surface area (Å²) in [5.74, 6) is -1.04. The summed E-state index contributed by atoms with van der Waals surface area (Å²) in [4.78, 5) is 34.1. The summed E-state index contributed by atoms with van der Waals surface area (Å²) in [6, 6.07) is 8.02. The fourth-order valence-electron chi connectivity index (χ4n) is 1.66. The molecular formula is C14H22N2O3. The highest BCUT2D eigenvalue weighted by Crippen LogP contribution is 2.06. The van der Waals surface area contributed by atoms with Crippen molar-refractivity contribution in [2.75, 3.05) is 0 Å². The zero-order valence-electron chi connectivity index (χ0n) is 11.1. The number of hydrogen-bond acceptors (Lipinski definition) is 3. The zero-order valence-corrected chi connectivity index (χ0v) is 11.1. The number of imide groups is 1. The van der Waals surface area contributed by atoms with E-state index in [-0.39, 0.29) is 21.1 Å². The lowest BCUT2D eigenvalue weighted by molar-refractivity contribution is -0.134. The van der Waals surface area contributed by atoms with Crippen LogP contribution in [0.15, 0.2) is 30.3 Å². The molecule has 1 aromatic carbocycles. The molecule has 1 aromatic rings. The third-order valence-electron chi connectivity index (χ3n) is 2.58. The number of piperidine rings is 1. The average molecular weight is 266 g/mol. The molecule has 5 nitrogen and oxygen atoms in total. The van der Waals surface area contributed by atoms with Crippen molar-refractivity contribution < 1.29 is 17.2 Å². The van der Waals surface area contributed by atoms with E-state index in [0.717, 1.165) is 0 Å². The molecule has 0 radical (unpaired) electrons. The third kappa shape index (κ3) is 4.21. The summed E-state index contributed by atoms with van der Waals surface area (Å²) in [7, 11) is 0.